The molecule has 5 heteroatoms. The highest BCUT2D eigenvalue weighted by molar-refractivity contribution is 7.21. The lowest BCUT2D eigenvalue weighted by atomic mass is 10.3. The molecular formula is C8H4ClNO2S. The molecule has 2 aromatic rings. The van der Waals surface area contributed by atoms with E-state index in [2.05, 4.69) is 4.98 Å². The van der Waals surface area contributed by atoms with Gasteiger partial charge < -0.3 is 4.98 Å². The van der Waals surface area contributed by atoms with Crippen LogP contribution in [0.1, 0.15) is 9.67 Å². The molecule has 0 amide bonds. The van der Waals surface area contributed by atoms with Crippen LogP contribution in [-0.2, 0) is 0 Å². The fraction of sp³-hybridized carbons (Fsp3) is 0. The number of hydrogen-bond donors (Lipinski definition) is 1. The van der Waals surface area contributed by atoms with Crippen LogP contribution < -0.4 is 5.56 Å². The van der Waals surface area contributed by atoms with Crippen LogP contribution in [-0.4, -0.2) is 11.3 Å². The Morgan fingerprint density at radius 3 is 2.92 bits per heavy atom. The minimum Gasteiger partial charge on any atom is -0.328 e. The quantitative estimate of drug-likeness (QED) is 0.738. The number of aromatic nitrogens is 1. The largest absolute Gasteiger partial charge is 0.328 e. The van der Waals surface area contributed by atoms with Crippen LogP contribution in [0.5, 0.6) is 0 Å². The minimum atomic E-state index is -0.258. The van der Waals surface area contributed by atoms with Gasteiger partial charge in [0.15, 0.2) is 6.29 Å². The van der Waals surface area contributed by atoms with Crippen LogP contribution >= 0.6 is 22.9 Å². The molecule has 0 aliphatic heterocycles. The number of rotatable bonds is 1. The summed E-state index contributed by atoms with van der Waals surface area (Å²) in [4.78, 5) is 24.7. The van der Waals surface area contributed by atoms with E-state index in [1.54, 1.807) is 6.07 Å². The first-order valence-corrected chi connectivity index (χ1v) is 4.68. The molecule has 0 radical (unpaired) electrons. The smallest absolute Gasteiger partial charge is 0.258 e. The van der Waals surface area contributed by atoms with E-state index in [1.165, 1.54) is 17.5 Å². The molecule has 13 heavy (non-hydrogen) atoms. The molecule has 2 rings (SSSR count). The topological polar surface area (TPSA) is 49.9 Å². The molecule has 0 fully saturated rings. The molecule has 0 aliphatic carbocycles. The zero-order chi connectivity index (χ0) is 9.42. The van der Waals surface area contributed by atoms with Gasteiger partial charge in [-0.3, -0.25) is 9.59 Å². The van der Waals surface area contributed by atoms with Crippen LogP contribution in [0.15, 0.2) is 17.1 Å². The number of aromatic amines is 1. The van der Waals surface area contributed by atoms with E-state index in [-0.39, 0.29) is 10.6 Å². The number of pyridine rings is 1. The molecule has 3 nitrogen and oxygen atoms in total. The van der Waals surface area contributed by atoms with Crippen molar-refractivity contribution in [3.63, 3.8) is 0 Å². The second-order valence-electron chi connectivity index (χ2n) is 2.44. The fourth-order valence-electron chi connectivity index (χ4n) is 1.12. The molecule has 0 aliphatic rings. The standard InChI is InChI=1S/C8H4ClNO2S/c9-7-5(3-11)13-4-1-2-10-8(12)6(4)7/h1-3H,(H,10,12). The number of aldehydes is 1. The van der Waals surface area contributed by atoms with Gasteiger partial charge >= 0.3 is 0 Å². The van der Waals surface area contributed by atoms with E-state index < -0.39 is 0 Å². The van der Waals surface area contributed by atoms with Crippen molar-refractivity contribution >= 4 is 39.3 Å². The summed E-state index contributed by atoms with van der Waals surface area (Å²) in [7, 11) is 0. The van der Waals surface area contributed by atoms with Crippen molar-refractivity contribution in [1.29, 1.82) is 0 Å². The minimum absolute atomic E-state index is 0.247. The van der Waals surface area contributed by atoms with Crippen LogP contribution in [0.2, 0.25) is 5.02 Å². The second-order valence-corrected chi connectivity index (χ2v) is 3.91. The molecule has 66 valence electrons. The van der Waals surface area contributed by atoms with Gasteiger partial charge in [0.25, 0.3) is 5.56 Å². The van der Waals surface area contributed by atoms with Crippen LogP contribution in [0.25, 0.3) is 10.1 Å². The van der Waals surface area contributed by atoms with Crippen molar-refractivity contribution in [3.8, 4) is 0 Å². The first-order valence-electron chi connectivity index (χ1n) is 3.49. The first-order chi connectivity index (χ1) is 6.24. The lowest BCUT2D eigenvalue weighted by Gasteiger charge is -1.86. The molecule has 0 aromatic carbocycles. The zero-order valence-electron chi connectivity index (χ0n) is 6.33. The summed E-state index contributed by atoms with van der Waals surface area (Å²) < 4.78 is 0.732. The Kier molecular flexibility index (Phi) is 1.94. The Hall–Kier alpha value is -1.13. The summed E-state index contributed by atoms with van der Waals surface area (Å²) in [6.07, 6.45) is 2.19. The second kappa shape index (κ2) is 2.97. The van der Waals surface area contributed by atoms with Gasteiger partial charge in [-0.15, -0.1) is 11.3 Å². The van der Waals surface area contributed by atoms with E-state index in [0.717, 1.165) is 4.70 Å². The molecule has 0 bridgehead atoms. The lowest BCUT2D eigenvalue weighted by molar-refractivity contribution is 0.112. The number of carbonyl (C=O) groups is 1. The highest BCUT2D eigenvalue weighted by Gasteiger charge is 2.11. The van der Waals surface area contributed by atoms with Gasteiger partial charge in [0.2, 0.25) is 0 Å². The maximum absolute atomic E-state index is 11.3. The van der Waals surface area contributed by atoms with Crippen molar-refractivity contribution in [1.82, 2.24) is 4.98 Å². The van der Waals surface area contributed by atoms with Gasteiger partial charge in [0.1, 0.15) is 0 Å². The van der Waals surface area contributed by atoms with Gasteiger partial charge in [-0.2, -0.15) is 0 Å². The maximum Gasteiger partial charge on any atom is 0.258 e. The molecule has 1 N–H and O–H groups in total. The summed E-state index contributed by atoms with van der Waals surface area (Å²) in [5.74, 6) is 0. The number of nitrogens with one attached hydrogen (secondary N) is 1. The van der Waals surface area contributed by atoms with Crippen LogP contribution in [0, 0.1) is 0 Å². The van der Waals surface area contributed by atoms with Crippen molar-refractivity contribution in [2.24, 2.45) is 0 Å². The zero-order valence-corrected chi connectivity index (χ0v) is 7.91. The van der Waals surface area contributed by atoms with Gasteiger partial charge in [0.05, 0.1) is 15.3 Å². The van der Waals surface area contributed by atoms with E-state index in [4.69, 9.17) is 11.6 Å². The van der Waals surface area contributed by atoms with Gasteiger partial charge in [-0.25, -0.2) is 0 Å². The van der Waals surface area contributed by atoms with E-state index in [0.29, 0.717) is 16.5 Å². The van der Waals surface area contributed by atoms with E-state index in [1.807, 2.05) is 0 Å². The number of hydrogen-bond acceptors (Lipinski definition) is 3. The summed E-state index contributed by atoms with van der Waals surface area (Å²) in [5.41, 5.74) is -0.258. The Bertz CT molecular complexity index is 528. The first kappa shape index (κ1) is 8.47. The number of carbonyl (C=O) groups excluding carboxylic acids is 1. The average molecular weight is 214 g/mol. The predicted molar refractivity (Wildman–Crippen MR) is 52.8 cm³/mol. The van der Waals surface area contributed by atoms with Crippen molar-refractivity contribution < 1.29 is 4.79 Å². The predicted octanol–water partition coefficient (Wildman–Crippen LogP) is 2.06. The van der Waals surface area contributed by atoms with E-state index in [9.17, 15) is 9.59 Å². The normalized spacial score (nSPS) is 10.5. The monoisotopic (exact) mass is 213 g/mol. The maximum atomic E-state index is 11.3. The Labute approximate surface area is 82.0 Å². The van der Waals surface area contributed by atoms with Crippen molar-refractivity contribution in [3.05, 3.63) is 32.5 Å². The van der Waals surface area contributed by atoms with Crippen LogP contribution in [0.3, 0.4) is 0 Å². The molecule has 2 heterocycles. The number of thiophene rings is 1. The van der Waals surface area contributed by atoms with Crippen molar-refractivity contribution in [2.45, 2.75) is 0 Å². The third-order valence-electron chi connectivity index (χ3n) is 1.69. The molecule has 0 spiro atoms. The highest BCUT2D eigenvalue weighted by Crippen LogP contribution is 2.31. The molecular weight excluding hydrogens is 210 g/mol. The third-order valence-corrected chi connectivity index (χ3v) is 3.27. The summed E-state index contributed by atoms with van der Waals surface area (Å²) >= 11 is 7.04. The van der Waals surface area contributed by atoms with Crippen molar-refractivity contribution in [2.75, 3.05) is 0 Å². The Morgan fingerprint density at radius 2 is 2.31 bits per heavy atom. The fourth-order valence-corrected chi connectivity index (χ4v) is 2.43. The molecule has 2 aromatic heterocycles. The van der Waals surface area contributed by atoms with Crippen LogP contribution in [0.4, 0.5) is 0 Å². The van der Waals surface area contributed by atoms with Gasteiger partial charge in [-0.1, -0.05) is 11.6 Å². The average Bonchev–Trinajstić information content (AvgIpc) is 2.44. The summed E-state index contributed by atoms with van der Waals surface area (Å²) in [5, 5.41) is 0.646. The third kappa shape index (κ3) is 1.18. The molecule has 0 atom stereocenters. The molecule has 0 saturated carbocycles. The number of H-pyrrole nitrogens is 1. The summed E-state index contributed by atoms with van der Waals surface area (Å²) in [6, 6.07) is 1.72. The molecule has 0 saturated heterocycles. The van der Waals surface area contributed by atoms with Gasteiger partial charge in [0, 0.05) is 10.9 Å². The number of halogens is 1. The lowest BCUT2D eigenvalue weighted by Crippen LogP contribution is -2.02. The summed E-state index contributed by atoms with van der Waals surface area (Å²) in [6.45, 7) is 0. The Balaban J connectivity index is 3.01. The molecule has 0 unspecified atom stereocenters. The van der Waals surface area contributed by atoms with Gasteiger partial charge in [-0.05, 0) is 6.07 Å². The Morgan fingerprint density at radius 1 is 1.54 bits per heavy atom. The SMILES string of the molecule is O=Cc1sc2cc[nH]c(=O)c2c1Cl. The number of fused-ring (bicyclic) bond motifs is 1. The highest BCUT2D eigenvalue weighted by atomic mass is 35.5. The van der Waals surface area contributed by atoms with E-state index >= 15 is 0 Å².